The molecule has 1 N–H and O–H groups in total. The highest BCUT2D eigenvalue weighted by Gasteiger charge is 2.16. The van der Waals surface area contributed by atoms with Gasteiger partial charge in [-0.15, -0.1) is 0 Å². The minimum atomic E-state index is -0.441. The number of carbonyl (C=O) groups is 1. The van der Waals surface area contributed by atoms with Crippen molar-refractivity contribution >= 4 is 5.91 Å². The van der Waals surface area contributed by atoms with Gasteiger partial charge in [-0.3, -0.25) is 4.79 Å². The number of rotatable bonds is 3. The first kappa shape index (κ1) is 11.3. The molecule has 0 fully saturated rings. The van der Waals surface area contributed by atoms with E-state index < -0.39 is 6.04 Å². The molecule has 0 radical (unpaired) electrons. The van der Waals surface area contributed by atoms with Crippen LogP contribution in [-0.4, -0.2) is 11.9 Å². The van der Waals surface area contributed by atoms with Crippen molar-refractivity contribution in [3.05, 3.63) is 35.9 Å². The summed E-state index contributed by atoms with van der Waals surface area (Å²) in [5.41, 5.74) is 0.958. The lowest BCUT2D eigenvalue weighted by atomic mass is 10.0. The van der Waals surface area contributed by atoms with Crippen LogP contribution in [0.25, 0.3) is 0 Å². The zero-order valence-electron chi connectivity index (χ0n) is 8.90. The van der Waals surface area contributed by atoms with Gasteiger partial charge < -0.3 is 5.32 Å². The van der Waals surface area contributed by atoms with Gasteiger partial charge >= 0.3 is 0 Å². The molecular weight excluding hydrogens is 188 g/mol. The van der Waals surface area contributed by atoms with Crippen LogP contribution in [0.1, 0.15) is 25.3 Å². The van der Waals surface area contributed by atoms with Crippen molar-refractivity contribution < 1.29 is 4.79 Å². The van der Waals surface area contributed by atoms with Gasteiger partial charge in [-0.1, -0.05) is 30.3 Å². The summed E-state index contributed by atoms with van der Waals surface area (Å²) < 4.78 is 0. The van der Waals surface area contributed by atoms with Crippen LogP contribution in [0.5, 0.6) is 0 Å². The average Bonchev–Trinajstić information content (AvgIpc) is 2.29. The lowest BCUT2D eigenvalue weighted by Crippen LogP contribution is -2.34. The Morgan fingerprint density at radius 2 is 1.93 bits per heavy atom. The van der Waals surface area contributed by atoms with Crippen LogP contribution >= 0.6 is 0 Å². The van der Waals surface area contributed by atoms with Crippen LogP contribution in [0.3, 0.4) is 0 Å². The van der Waals surface area contributed by atoms with Gasteiger partial charge in [-0.2, -0.15) is 5.26 Å². The number of hydrogen-bond donors (Lipinski definition) is 1. The SMILES string of the molecule is CC(C#N)NC(=O)C(C)c1ccccc1. The van der Waals surface area contributed by atoms with Crippen LogP contribution in [0, 0.1) is 11.3 Å². The molecule has 0 aliphatic carbocycles. The third-order valence-corrected chi connectivity index (χ3v) is 2.25. The van der Waals surface area contributed by atoms with Gasteiger partial charge in [0.25, 0.3) is 0 Å². The molecule has 15 heavy (non-hydrogen) atoms. The zero-order chi connectivity index (χ0) is 11.3. The molecule has 3 heteroatoms. The Morgan fingerprint density at radius 1 is 1.33 bits per heavy atom. The highest BCUT2D eigenvalue weighted by atomic mass is 16.1. The molecule has 78 valence electrons. The Morgan fingerprint density at radius 3 is 2.47 bits per heavy atom. The number of hydrogen-bond acceptors (Lipinski definition) is 2. The molecule has 1 amide bonds. The largest absolute Gasteiger partial charge is 0.340 e. The van der Waals surface area contributed by atoms with Crippen molar-refractivity contribution in [1.29, 1.82) is 5.26 Å². The van der Waals surface area contributed by atoms with E-state index in [1.807, 2.05) is 43.3 Å². The summed E-state index contributed by atoms with van der Waals surface area (Å²) in [6, 6.07) is 11.0. The molecule has 0 aromatic heterocycles. The smallest absolute Gasteiger partial charge is 0.228 e. The fraction of sp³-hybridized carbons (Fsp3) is 0.333. The third kappa shape index (κ3) is 3.10. The van der Waals surface area contributed by atoms with E-state index >= 15 is 0 Å². The lowest BCUT2D eigenvalue weighted by Gasteiger charge is -2.13. The number of nitriles is 1. The van der Waals surface area contributed by atoms with E-state index in [2.05, 4.69) is 5.32 Å². The highest BCUT2D eigenvalue weighted by Crippen LogP contribution is 2.14. The van der Waals surface area contributed by atoms with Crippen LogP contribution in [0.4, 0.5) is 0 Å². The van der Waals surface area contributed by atoms with Crippen LogP contribution < -0.4 is 5.32 Å². The van der Waals surface area contributed by atoms with Crippen molar-refractivity contribution in [2.24, 2.45) is 0 Å². The normalized spacial score (nSPS) is 13.7. The first-order valence-electron chi connectivity index (χ1n) is 4.90. The molecule has 0 bridgehead atoms. The predicted octanol–water partition coefficient (Wildman–Crippen LogP) is 1.82. The predicted molar refractivity (Wildman–Crippen MR) is 58.1 cm³/mol. The van der Waals surface area contributed by atoms with E-state index in [0.717, 1.165) is 5.56 Å². The van der Waals surface area contributed by atoms with E-state index in [1.165, 1.54) is 0 Å². The monoisotopic (exact) mass is 202 g/mol. The molecule has 0 saturated heterocycles. The Hall–Kier alpha value is -1.82. The molecule has 0 aliphatic rings. The molecule has 2 atom stereocenters. The van der Waals surface area contributed by atoms with Crippen molar-refractivity contribution in [2.75, 3.05) is 0 Å². The van der Waals surface area contributed by atoms with Gasteiger partial charge in [-0.25, -0.2) is 0 Å². The second-order valence-electron chi connectivity index (χ2n) is 3.49. The second-order valence-corrected chi connectivity index (χ2v) is 3.49. The Kier molecular flexibility index (Phi) is 3.87. The van der Waals surface area contributed by atoms with Gasteiger partial charge in [0.05, 0.1) is 12.0 Å². The lowest BCUT2D eigenvalue weighted by molar-refractivity contribution is -0.122. The van der Waals surface area contributed by atoms with Crippen LogP contribution in [-0.2, 0) is 4.79 Å². The molecular formula is C12H14N2O. The maximum Gasteiger partial charge on any atom is 0.228 e. The van der Waals surface area contributed by atoms with Crippen LogP contribution in [0.2, 0.25) is 0 Å². The topological polar surface area (TPSA) is 52.9 Å². The number of carbonyl (C=O) groups excluding carboxylic acids is 1. The molecule has 1 rings (SSSR count). The molecule has 1 aromatic carbocycles. The van der Waals surface area contributed by atoms with Gasteiger partial charge in [0.15, 0.2) is 0 Å². The number of nitrogens with zero attached hydrogens (tertiary/aromatic N) is 1. The number of nitrogens with one attached hydrogen (secondary N) is 1. The Balaban J connectivity index is 2.66. The van der Waals surface area contributed by atoms with Crippen LogP contribution in [0.15, 0.2) is 30.3 Å². The first-order valence-corrected chi connectivity index (χ1v) is 4.90. The van der Waals surface area contributed by atoms with Crippen molar-refractivity contribution in [1.82, 2.24) is 5.32 Å². The maximum absolute atomic E-state index is 11.7. The van der Waals surface area contributed by atoms with E-state index in [4.69, 9.17) is 5.26 Å². The Labute approximate surface area is 89.7 Å². The molecule has 1 aromatic rings. The second kappa shape index (κ2) is 5.16. The minimum absolute atomic E-state index is 0.116. The quantitative estimate of drug-likeness (QED) is 0.812. The fourth-order valence-electron chi connectivity index (χ4n) is 1.26. The molecule has 2 unspecified atom stereocenters. The molecule has 3 nitrogen and oxygen atoms in total. The molecule has 0 spiro atoms. The first-order chi connectivity index (χ1) is 7.15. The van der Waals surface area contributed by atoms with Crippen molar-refractivity contribution in [3.8, 4) is 6.07 Å². The summed E-state index contributed by atoms with van der Waals surface area (Å²) in [6.07, 6.45) is 0. The standard InChI is InChI=1S/C12H14N2O/c1-9(8-13)14-12(15)10(2)11-6-4-3-5-7-11/h3-7,9-10H,1-2H3,(H,14,15). The number of amides is 1. The average molecular weight is 202 g/mol. The summed E-state index contributed by atoms with van der Waals surface area (Å²) in [5, 5.41) is 11.2. The molecule has 0 aliphatic heterocycles. The maximum atomic E-state index is 11.7. The third-order valence-electron chi connectivity index (χ3n) is 2.25. The van der Waals surface area contributed by atoms with Gasteiger partial charge in [0.2, 0.25) is 5.91 Å². The Bertz CT molecular complexity index is 367. The van der Waals surface area contributed by atoms with Crippen molar-refractivity contribution in [3.63, 3.8) is 0 Å². The molecule has 0 heterocycles. The molecule has 0 saturated carbocycles. The zero-order valence-corrected chi connectivity index (χ0v) is 8.90. The van der Waals surface area contributed by atoms with E-state index in [0.29, 0.717) is 0 Å². The minimum Gasteiger partial charge on any atom is -0.340 e. The van der Waals surface area contributed by atoms with Gasteiger partial charge in [0, 0.05) is 0 Å². The van der Waals surface area contributed by atoms with Gasteiger partial charge in [0.1, 0.15) is 6.04 Å². The van der Waals surface area contributed by atoms with Gasteiger partial charge in [-0.05, 0) is 19.4 Å². The number of benzene rings is 1. The van der Waals surface area contributed by atoms with Crippen molar-refractivity contribution in [2.45, 2.75) is 25.8 Å². The summed E-state index contributed by atoms with van der Waals surface area (Å²) in [4.78, 5) is 11.7. The summed E-state index contributed by atoms with van der Waals surface area (Å²) >= 11 is 0. The van der Waals surface area contributed by atoms with E-state index in [9.17, 15) is 4.79 Å². The summed E-state index contributed by atoms with van der Waals surface area (Å²) in [6.45, 7) is 3.49. The fourth-order valence-corrected chi connectivity index (χ4v) is 1.26. The van der Waals surface area contributed by atoms with E-state index in [-0.39, 0.29) is 11.8 Å². The highest BCUT2D eigenvalue weighted by molar-refractivity contribution is 5.83. The summed E-state index contributed by atoms with van der Waals surface area (Å²) in [5.74, 6) is -0.336. The van der Waals surface area contributed by atoms with E-state index in [1.54, 1.807) is 6.92 Å². The summed E-state index contributed by atoms with van der Waals surface area (Å²) in [7, 11) is 0.